The van der Waals surface area contributed by atoms with Gasteiger partial charge in [0.25, 0.3) is 0 Å². The number of hydrogen-bond acceptors (Lipinski definition) is 4. The average molecular weight is 424 g/mol. The minimum absolute atomic E-state index is 0.539. The molecule has 2 aromatic rings. The third kappa shape index (κ3) is 6.59. The van der Waals surface area contributed by atoms with Gasteiger partial charge in [-0.15, -0.1) is 0 Å². The molecule has 0 aromatic heterocycles. The van der Waals surface area contributed by atoms with Gasteiger partial charge in [0.2, 0.25) is 0 Å². The number of allylic oxidation sites excluding steroid dienone is 1. The van der Waals surface area contributed by atoms with Gasteiger partial charge in [0, 0.05) is 37.0 Å². The number of hydrogen-bond donors (Lipinski definition) is 1. The lowest BCUT2D eigenvalue weighted by Crippen LogP contribution is -2.19. The summed E-state index contributed by atoms with van der Waals surface area (Å²) >= 11 is 0. The maximum Gasteiger partial charge on any atom is 0.328 e. The zero-order chi connectivity index (χ0) is 22.1. The summed E-state index contributed by atoms with van der Waals surface area (Å²) in [6.45, 7) is 7.96. The van der Waals surface area contributed by atoms with E-state index in [-0.39, 0.29) is 0 Å². The van der Waals surface area contributed by atoms with Gasteiger partial charge in [-0.05, 0) is 67.2 Å². The van der Waals surface area contributed by atoms with E-state index in [1.54, 1.807) is 0 Å². The van der Waals surface area contributed by atoms with Crippen LogP contribution in [-0.4, -0.2) is 44.0 Å². The lowest BCUT2D eigenvalue weighted by molar-refractivity contribution is -0.131. The third-order valence-electron chi connectivity index (χ3n) is 5.53. The highest BCUT2D eigenvalue weighted by Gasteiger charge is 2.17. The molecule has 1 aliphatic heterocycles. The lowest BCUT2D eigenvalue weighted by Gasteiger charge is -2.22. The summed E-state index contributed by atoms with van der Waals surface area (Å²) in [6, 6.07) is 14.3. The summed E-state index contributed by atoms with van der Waals surface area (Å²) in [6.07, 6.45) is 5.85. The monoisotopic (exact) mass is 423 g/mol. The van der Waals surface area contributed by atoms with Gasteiger partial charge in [0.1, 0.15) is 12.4 Å². The van der Waals surface area contributed by atoms with Crippen LogP contribution in [0.4, 0.5) is 5.69 Å². The normalized spacial score (nSPS) is 14.1. The van der Waals surface area contributed by atoms with Crippen molar-refractivity contribution in [3.63, 3.8) is 0 Å². The number of benzene rings is 2. The number of unbranched alkanes of at least 4 members (excludes halogenated alkanes) is 1. The largest absolute Gasteiger partial charge is 0.491 e. The van der Waals surface area contributed by atoms with Gasteiger partial charge >= 0.3 is 5.97 Å². The molecule has 2 aromatic carbocycles. The quantitative estimate of drug-likeness (QED) is 0.374. The van der Waals surface area contributed by atoms with E-state index in [1.165, 1.54) is 18.9 Å². The van der Waals surface area contributed by atoms with Crippen molar-refractivity contribution in [3.05, 3.63) is 54.1 Å². The summed E-state index contributed by atoms with van der Waals surface area (Å²) in [5, 5.41) is 9.24. The molecule has 0 spiro atoms. The number of ether oxygens (including phenoxy) is 2. The van der Waals surface area contributed by atoms with Crippen molar-refractivity contribution in [1.82, 2.24) is 0 Å². The summed E-state index contributed by atoms with van der Waals surface area (Å²) in [5.74, 6) is -0.103. The van der Waals surface area contributed by atoms with Gasteiger partial charge in [-0.1, -0.05) is 31.5 Å². The second-order valence-electron chi connectivity index (χ2n) is 7.93. The van der Waals surface area contributed by atoms with E-state index in [0.717, 1.165) is 66.2 Å². The fraction of sp³-hybridized carbons (Fsp3) is 0.423. The van der Waals surface area contributed by atoms with Crippen LogP contribution in [-0.2, 0) is 9.53 Å². The number of carboxylic acid groups (broad SMARTS) is 1. The molecule has 0 amide bonds. The molecule has 5 heteroatoms. The second kappa shape index (κ2) is 11.6. The minimum atomic E-state index is -0.921. The zero-order valence-electron chi connectivity index (χ0n) is 18.6. The van der Waals surface area contributed by atoms with E-state index in [1.807, 2.05) is 31.2 Å². The van der Waals surface area contributed by atoms with Gasteiger partial charge in [0.05, 0.1) is 6.61 Å². The molecule has 0 aliphatic carbocycles. The van der Waals surface area contributed by atoms with Crippen molar-refractivity contribution in [2.45, 2.75) is 39.5 Å². The van der Waals surface area contributed by atoms with E-state index in [2.05, 4.69) is 30.0 Å². The first-order valence-corrected chi connectivity index (χ1v) is 11.2. The molecule has 0 bridgehead atoms. The first-order chi connectivity index (χ1) is 15.1. The van der Waals surface area contributed by atoms with Crippen LogP contribution in [0.3, 0.4) is 0 Å². The zero-order valence-corrected chi connectivity index (χ0v) is 18.6. The van der Waals surface area contributed by atoms with Crippen molar-refractivity contribution >= 4 is 17.2 Å². The third-order valence-corrected chi connectivity index (χ3v) is 5.53. The molecule has 1 fully saturated rings. The molecule has 1 aliphatic rings. The first-order valence-electron chi connectivity index (χ1n) is 11.2. The van der Waals surface area contributed by atoms with E-state index in [9.17, 15) is 9.90 Å². The van der Waals surface area contributed by atoms with Crippen LogP contribution in [0.5, 0.6) is 5.75 Å². The van der Waals surface area contributed by atoms with Crippen molar-refractivity contribution in [2.75, 3.05) is 37.8 Å². The molecule has 3 rings (SSSR count). The topological polar surface area (TPSA) is 59.0 Å². The predicted octanol–water partition coefficient (Wildman–Crippen LogP) is 5.64. The molecule has 0 saturated carbocycles. The van der Waals surface area contributed by atoms with Crippen LogP contribution in [0.25, 0.3) is 16.7 Å². The van der Waals surface area contributed by atoms with Crippen LogP contribution in [0.15, 0.2) is 48.5 Å². The molecule has 0 radical (unpaired) electrons. The van der Waals surface area contributed by atoms with Crippen molar-refractivity contribution in [3.8, 4) is 16.9 Å². The highest BCUT2D eigenvalue weighted by molar-refractivity contribution is 5.92. The standard InChI is InChI=1S/C26H33NO4/c1-3-4-15-30-16-17-31-23-10-7-21(8-11-23)22-9-12-25(27-13-5-6-14-27)24(19-22)20(2)18-26(28)29/h7-12,18-19H,3-6,13-17H2,1-2H3,(H,28,29). The fourth-order valence-electron chi connectivity index (χ4n) is 3.84. The van der Waals surface area contributed by atoms with Gasteiger partial charge in [-0.25, -0.2) is 4.79 Å². The number of carbonyl (C=O) groups is 1. The van der Waals surface area contributed by atoms with Crippen LogP contribution >= 0.6 is 0 Å². The minimum Gasteiger partial charge on any atom is -0.491 e. The Hall–Kier alpha value is -2.79. The number of nitrogens with zero attached hydrogens (tertiary/aromatic N) is 1. The molecular formula is C26H33NO4. The maximum atomic E-state index is 11.3. The molecule has 31 heavy (non-hydrogen) atoms. The van der Waals surface area contributed by atoms with Crippen molar-refractivity contribution < 1.29 is 19.4 Å². The molecule has 1 N–H and O–H groups in total. The number of anilines is 1. The highest BCUT2D eigenvalue weighted by atomic mass is 16.5. The van der Waals surface area contributed by atoms with E-state index in [0.29, 0.717) is 13.2 Å². The molecule has 0 unspecified atom stereocenters. The molecule has 1 saturated heterocycles. The van der Waals surface area contributed by atoms with Crippen LogP contribution < -0.4 is 9.64 Å². The molecular weight excluding hydrogens is 390 g/mol. The Morgan fingerprint density at radius 3 is 2.42 bits per heavy atom. The fourth-order valence-corrected chi connectivity index (χ4v) is 3.84. The Kier molecular flexibility index (Phi) is 8.53. The summed E-state index contributed by atoms with van der Waals surface area (Å²) in [7, 11) is 0. The van der Waals surface area contributed by atoms with Gasteiger partial charge in [0.15, 0.2) is 0 Å². The average Bonchev–Trinajstić information content (AvgIpc) is 3.30. The van der Waals surface area contributed by atoms with Crippen LogP contribution in [0.2, 0.25) is 0 Å². The smallest absolute Gasteiger partial charge is 0.328 e. The first kappa shape index (κ1) is 22.9. The summed E-state index contributed by atoms with van der Waals surface area (Å²) in [5.41, 5.74) is 4.99. The van der Waals surface area contributed by atoms with Gasteiger partial charge in [-0.3, -0.25) is 0 Å². The van der Waals surface area contributed by atoms with Crippen molar-refractivity contribution in [2.24, 2.45) is 0 Å². The van der Waals surface area contributed by atoms with Gasteiger partial charge < -0.3 is 19.5 Å². The van der Waals surface area contributed by atoms with E-state index in [4.69, 9.17) is 9.47 Å². The summed E-state index contributed by atoms with van der Waals surface area (Å²) < 4.78 is 11.3. The van der Waals surface area contributed by atoms with Crippen molar-refractivity contribution in [1.29, 1.82) is 0 Å². The predicted molar refractivity (Wildman–Crippen MR) is 126 cm³/mol. The Balaban J connectivity index is 1.73. The molecule has 1 heterocycles. The van der Waals surface area contributed by atoms with E-state index < -0.39 is 5.97 Å². The molecule has 0 atom stereocenters. The van der Waals surface area contributed by atoms with Crippen LogP contribution in [0, 0.1) is 0 Å². The Morgan fingerprint density at radius 2 is 1.74 bits per heavy atom. The molecule has 5 nitrogen and oxygen atoms in total. The second-order valence-corrected chi connectivity index (χ2v) is 7.93. The SMILES string of the molecule is CCCCOCCOc1ccc(-c2ccc(N3CCCC3)c(C(C)=CC(=O)O)c2)cc1. The molecule has 166 valence electrons. The van der Waals surface area contributed by atoms with Crippen LogP contribution in [0.1, 0.15) is 45.1 Å². The number of carboxylic acids is 1. The Bertz CT molecular complexity index is 883. The highest BCUT2D eigenvalue weighted by Crippen LogP contribution is 2.34. The number of aliphatic carboxylic acids is 1. The summed E-state index contributed by atoms with van der Waals surface area (Å²) in [4.78, 5) is 13.6. The van der Waals surface area contributed by atoms with Gasteiger partial charge in [-0.2, -0.15) is 0 Å². The van der Waals surface area contributed by atoms with E-state index >= 15 is 0 Å². The lowest BCUT2D eigenvalue weighted by atomic mass is 9.97. The Labute approximate surface area is 185 Å². The Morgan fingerprint density at radius 1 is 1.03 bits per heavy atom. The maximum absolute atomic E-state index is 11.3. The number of rotatable bonds is 11.